The topological polar surface area (TPSA) is 12.0 Å². The molecule has 0 spiro atoms. The maximum absolute atomic E-state index is 3.71. The Hall–Kier alpha value is -2.54. The summed E-state index contributed by atoms with van der Waals surface area (Å²) < 4.78 is 0. The Labute approximate surface area is 194 Å². The molecule has 0 saturated heterocycles. The van der Waals surface area contributed by atoms with Crippen LogP contribution in [0.2, 0.25) is 0 Å². The van der Waals surface area contributed by atoms with E-state index in [0.717, 1.165) is 5.92 Å². The zero-order valence-corrected chi connectivity index (χ0v) is 19.8. The highest BCUT2D eigenvalue weighted by Gasteiger charge is 2.41. The molecular weight excluding hydrogens is 386 g/mol. The minimum Gasteiger partial charge on any atom is -0.356 e. The third-order valence-corrected chi connectivity index (χ3v) is 7.90. The summed E-state index contributed by atoms with van der Waals surface area (Å²) in [6.45, 7) is 4.65. The fraction of sp³-hybridized carbons (Fsp3) is 0.419. The molecule has 3 aromatic rings. The highest BCUT2D eigenvalue weighted by atomic mass is 14.9. The predicted octanol–water partition coefficient (Wildman–Crippen LogP) is 9.34. The average Bonchev–Trinajstić information content (AvgIpc) is 3.10. The summed E-state index contributed by atoms with van der Waals surface area (Å²) in [6.07, 6.45) is 11.7. The number of benzene rings is 3. The number of fused-ring (bicyclic) bond motifs is 3. The van der Waals surface area contributed by atoms with Gasteiger partial charge in [-0.05, 0) is 83.7 Å². The molecule has 0 heterocycles. The van der Waals surface area contributed by atoms with Crippen molar-refractivity contribution in [2.24, 2.45) is 0 Å². The molecule has 5 rings (SSSR count). The van der Waals surface area contributed by atoms with Crippen LogP contribution in [0, 0.1) is 0 Å². The summed E-state index contributed by atoms with van der Waals surface area (Å²) in [5, 5.41) is 3.71. The second kappa shape index (κ2) is 9.14. The quantitative estimate of drug-likeness (QED) is 0.399. The lowest BCUT2D eigenvalue weighted by Crippen LogP contribution is -2.25. The van der Waals surface area contributed by atoms with E-state index in [4.69, 9.17) is 0 Å². The largest absolute Gasteiger partial charge is 0.356 e. The van der Waals surface area contributed by atoms with E-state index in [2.05, 4.69) is 85.9 Å². The second-order valence-electron chi connectivity index (χ2n) is 9.97. The van der Waals surface area contributed by atoms with Crippen LogP contribution in [0.15, 0.2) is 66.7 Å². The molecular formula is C31H37N. The van der Waals surface area contributed by atoms with Crippen LogP contribution in [0.3, 0.4) is 0 Å². The zero-order valence-electron chi connectivity index (χ0n) is 19.8. The van der Waals surface area contributed by atoms with Gasteiger partial charge in [0.05, 0.1) is 0 Å². The summed E-state index contributed by atoms with van der Waals surface area (Å²) in [7, 11) is 0. The number of anilines is 2. The van der Waals surface area contributed by atoms with Crippen LogP contribution in [0.25, 0.3) is 11.1 Å². The fourth-order valence-electron chi connectivity index (χ4n) is 6.49. The van der Waals surface area contributed by atoms with E-state index < -0.39 is 0 Å². The number of hydrogen-bond donors (Lipinski definition) is 1. The molecule has 2 aliphatic carbocycles. The van der Waals surface area contributed by atoms with Crippen molar-refractivity contribution < 1.29 is 0 Å². The first-order valence-corrected chi connectivity index (χ1v) is 12.9. The molecule has 0 aromatic heterocycles. The Morgan fingerprint density at radius 1 is 0.719 bits per heavy atom. The van der Waals surface area contributed by atoms with E-state index in [1.54, 1.807) is 0 Å². The molecule has 32 heavy (non-hydrogen) atoms. The van der Waals surface area contributed by atoms with Crippen LogP contribution in [0.4, 0.5) is 11.4 Å². The van der Waals surface area contributed by atoms with Crippen LogP contribution in [0.5, 0.6) is 0 Å². The van der Waals surface area contributed by atoms with Crippen LogP contribution >= 0.6 is 0 Å². The summed E-state index contributed by atoms with van der Waals surface area (Å²) >= 11 is 0. The van der Waals surface area contributed by atoms with E-state index in [1.165, 1.54) is 97.0 Å². The minimum absolute atomic E-state index is 0.151. The molecule has 0 amide bonds. The summed E-state index contributed by atoms with van der Waals surface area (Å²) in [4.78, 5) is 0. The van der Waals surface area contributed by atoms with E-state index in [1.807, 2.05) is 0 Å². The molecule has 1 saturated carbocycles. The molecule has 0 unspecified atom stereocenters. The zero-order chi connectivity index (χ0) is 22.0. The first-order valence-electron chi connectivity index (χ1n) is 12.9. The lowest BCUT2D eigenvalue weighted by molar-refractivity contribution is 0.436. The maximum Gasteiger partial charge on any atom is 0.0387 e. The van der Waals surface area contributed by atoms with Gasteiger partial charge in [-0.1, -0.05) is 88.4 Å². The van der Waals surface area contributed by atoms with Crippen molar-refractivity contribution in [1.82, 2.24) is 0 Å². The van der Waals surface area contributed by atoms with Gasteiger partial charge in [-0.3, -0.25) is 0 Å². The van der Waals surface area contributed by atoms with Gasteiger partial charge in [0.2, 0.25) is 0 Å². The standard InChI is InChI=1S/C31H37N/c1-3-20-31(21-4-2)29-13-9-8-12-27(29)28-19-18-26(22-30(28)31)32-25-16-14-24(15-17-25)23-10-6-5-7-11-23/h8-9,12-19,22-23,32H,3-7,10-11,20-21H2,1-2H3. The Morgan fingerprint density at radius 2 is 1.38 bits per heavy atom. The molecule has 1 N–H and O–H groups in total. The monoisotopic (exact) mass is 423 g/mol. The van der Waals surface area contributed by atoms with Crippen molar-refractivity contribution in [2.75, 3.05) is 5.32 Å². The first kappa shape index (κ1) is 21.3. The molecule has 0 radical (unpaired) electrons. The summed E-state index contributed by atoms with van der Waals surface area (Å²) in [6, 6.07) is 25.4. The van der Waals surface area contributed by atoms with Crippen LogP contribution in [0.1, 0.15) is 94.2 Å². The molecule has 1 nitrogen and oxygen atoms in total. The van der Waals surface area contributed by atoms with Crippen molar-refractivity contribution in [3.63, 3.8) is 0 Å². The molecule has 3 aromatic carbocycles. The van der Waals surface area contributed by atoms with Crippen LogP contribution in [-0.4, -0.2) is 0 Å². The van der Waals surface area contributed by atoms with Crippen molar-refractivity contribution >= 4 is 11.4 Å². The molecule has 1 heteroatoms. The molecule has 0 atom stereocenters. The van der Waals surface area contributed by atoms with Crippen LogP contribution in [-0.2, 0) is 5.41 Å². The average molecular weight is 424 g/mol. The highest BCUT2D eigenvalue weighted by molar-refractivity contribution is 5.83. The van der Waals surface area contributed by atoms with E-state index in [-0.39, 0.29) is 5.41 Å². The van der Waals surface area contributed by atoms with Crippen molar-refractivity contribution in [3.8, 4) is 11.1 Å². The summed E-state index contributed by atoms with van der Waals surface area (Å²) in [5.41, 5.74) is 9.99. The SMILES string of the molecule is CCCC1(CCC)c2ccccc2-c2ccc(Nc3ccc(C4CCCCC4)cc3)cc21. The van der Waals surface area contributed by atoms with E-state index in [0.29, 0.717) is 0 Å². The Morgan fingerprint density at radius 3 is 2.09 bits per heavy atom. The number of rotatable bonds is 7. The van der Waals surface area contributed by atoms with Gasteiger partial charge in [0.15, 0.2) is 0 Å². The van der Waals surface area contributed by atoms with Crippen molar-refractivity contribution in [3.05, 3.63) is 83.4 Å². The minimum atomic E-state index is 0.151. The molecule has 166 valence electrons. The normalized spacial score (nSPS) is 17.1. The smallest absolute Gasteiger partial charge is 0.0387 e. The molecule has 0 bridgehead atoms. The van der Waals surface area contributed by atoms with Gasteiger partial charge in [0.1, 0.15) is 0 Å². The van der Waals surface area contributed by atoms with Gasteiger partial charge in [-0.25, -0.2) is 0 Å². The van der Waals surface area contributed by atoms with Gasteiger partial charge in [0.25, 0.3) is 0 Å². The Balaban J connectivity index is 1.45. The fourth-order valence-corrected chi connectivity index (χ4v) is 6.49. The number of nitrogens with one attached hydrogen (secondary N) is 1. The van der Waals surface area contributed by atoms with Crippen LogP contribution < -0.4 is 5.32 Å². The van der Waals surface area contributed by atoms with Crippen molar-refractivity contribution in [1.29, 1.82) is 0 Å². The molecule has 1 fully saturated rings. The molecule has 0 aliphatic heterocycles. The van der Waals surface area contributed by atoms with Crippen molar-refractivity contribution in [2.45, 2.75) is 83.0 Å². The van der Waals surface area contributed by atoms with E-state index in [9.17, 15) is 0 Å². The van der Waals surface area contributed by atoms with Gasteiger partial charge >= 0.3 is 0 Å². The number of hydrogen-bond acceptors (Lipinski definition) is 1. The third-order valence-electron chi connectivity index (χ3n) is 7.90. The Bertz CT molecular complexity index is 1050. The molecule has 2 aliphatic rings. The highest BCUT2D eigenvalue weighted by Crippen LogP contribution is 2.54. The van der Waals surface area contributed by atoms with Gasteiger partial charge < -0.3 is 5.32 Å². The lowest BCUT2D eigenvalue weighted by Gasteiger charge is -2.32. The first-order chi connectivity index (χ1) is 15.7. The summed E-state index contributed by atoms with van der Waals surface area (Å²) in [5.74, 6) is 0.764. The predicted molar refractivity (Wildman–Crippen MR) is 138 cm³/mol. The van der Waals surface area contributed by atoms with Gasteiger partial charge in [0, 0.05) is 16.8 Å². The van der Waals surface area contributed by atoms with E-state index >= 15 is 0 Å². The van der Waals surface area contributed by atoms with Gasteiger partial charge in [-0.15, -0.1) is 0 Å². The third kappa shape index (κ3) is 3.76. The Kier molecular flexibility index (Phi) is 6.09. The van der Waals surface area contributed by atoms with Gasteiger partial charge in [-0.2, -0.15) is 0 Å². The lowest BCUT2D eigenvalue weighted by atomic mass is 9.71. The maximum atomic E-state index is 3.71. The second-order valence-corrected chi connectivity index (χ2v) is 9.97.